The zero-order valence-electron chi connectivity index (χ0n) is 11.9. The average molecular weight is 294 g/mol. The predicted octanol–water partition coefficient (Wildman–Crippen LogP) is 5.11. The van der Waals surface area contributed by atoms with Crippen molar-refractivity contribution in [1.82, 2.24) is 0 Å². The Labute approximate surface area is 127 Å². The summed E-state index contributed by atoms with van der Waals surface area (Å²) in [5, 5.41) is 20.8. The lowest BCUT2D eigenvalue weighted by atomic mass is 10.1. The summed E-state index contributed by atoms with van der Waals surface area (Å²) in [5.41, 5.74) is 8.38. The van der Waals surface area contributed by atoms with Crippen LogP contribution in [0, 0.1) is 5.53 Å². The lowest BCUT2D eigenvalue weighted by Gasteiger charge is -2.01. The molecule has 22 heavy (non-hydrogen) atoms. The van der Waals surface area contributed by atoms with Gasteiger partial charge in [-0.2, -0.15) is 15.3 Å². The van der Waals surface area contributed by atoms with Gasteiger partial charge in [-0.25, -0.2) is 5.53 Å². The van der Waals surface area contributed by atoms with Gasteiger partial charge >= 0.3 is 0 Å². The van der Waals surface area contributed by atoms with Crippen molar-refractivity contribution in [2.45, 2.75) is 6.92 Å². The van der Waals surface area contributed by atoms with Gasteiger partial charge in [0.25, 0.3) is 0 Å². The number of rotatable bonds is 5. The van der Waals surface area contributed by atoms with Gasteiger partial charge in [-0.05, 0) is 43.3 Å². The Bertz CT molecular complexity index is 735. The second-order valence-corrected chi connectivity index (χ2v) is 4.46. The van der Waals surface area contributed by atoms with Gasteiger partial charge in [-0.15, -0.1) is 0 Å². The first-order valence-corrected chi connectivity index (χ1v) is 6.50. The topological polar surface area (TPSA) is 98.2 Å². The van der Waals surface area contributed by atoms with Crippen LogP contribution in [0.3, 0.4) is 0 Å². The summed E-state index contributed by atoms with van der Waals surface area (Å²) in [7, 11) is 0. The Morgan fingerprint density at radius 2 is 1.50 bits per heavy atom. The number of carbonyl (C=O) groups is 1. The van der Waals surface area contributed by atoms with Gasteiger partial charge in [0.05, 0.1) is 11.4 Å². The number of carbonyl (C=O) groups excluding carboxylic acids is 1. The highest BCUT2D eigenvalue weighted by molar-refractivity contribution is 6.07. The molecule has 0 saturated carbocycles. The highest BCUT2D eigenvalue weighted by atomic mass is 16.3. The number of allylic oxidation sites excluding steroid dienone is 2. The van der Waals surface area contributed by atoms with Crippen LogP contribution in [0.4, 0.5) is 11.4 Å². The number of benzene rings is 2. The molecule has 0 saturated heterocycles. The number of nitrogens with zero attached hydrogens (tertiary/aromatic N) is 3. The van der Waals surface area contributed by atoms with Crippen molar-refractivity contribution in [1.29, 1.82) is 5.53 Å². The third kappa shape index (κ3) is 3.69. The van der Waals surface area contributed by atoms with Crippen LogP contribution in [0.5, 0.6) is 0 Å². The molecule has 0 aliphatic heterocycles. The molecule has 2 N–H and O–H groups in total. The molecule has 0 unspecified atom stereocenters. The van der Waals surface area contributed by atoms with Crippen LogP contribution in [0.1, 0.15) is 17.3 Å². The van der Waals surface area contributed by atoms with E-state index in [0.29, 0.717) is 11.3 Å². The molecule has 0 atom stereocenters. The largest absolute Gasteiger partial charge is 0.503 e. The SMILES string of the molecule is CC(N=N)=C(O)C(=O)c1ccc(N=Nc2ccccc2)cc1. The summed E-state index contributed by atoms with van der Waals surface area (Å²) in [5.74, 6) is -1.12. The van der Waals surface area contributed by atoms with E-state index in [1.165, 1.54) is 19.1 Å². The number of aliphatic hydroxyl groups is 1. The smallest absolute Gasteiger partial charge is 0.229 e. The lowest BCUT2D eigenvalue weighted by Crippen LogP contribution is -2.04. The lowest BCUT2D eigenvalue weighted by molar-refractivity contribution is 0.0974. The quantitative estimate of drug-likeness (QED) is 0.347. The van der Waals surface area contributed by atoms with Crippen LogP contribution in [0.25, 0.3) is 0 Å². The molecule has 0 fully saturated rings. The van der Waals surface area contributed by atoms with Crippen LogP contribution in [0.2, 0.25) is 0 Å². The molecule has 2 rings (SSSR count). The Balaban J connectivity index is 2.16. The van der Waals surface area contributed by atoms with E-state index in [4.69, 9.17) is 5.53 Å². The second kappa shape index (κ2) is 7.03. The fraction of sp³-hybridized carbons (Fsp3) is 0.0625. The van der Waals surface area contributed by atoms with Crippen molar-refractivity contribution in [3.63, 3.8) is 0 Å². The first-order chi connectivity index (χ1) is 10.6. The zero-order valence-corrected chi connectivity index (χ0v) is 11.9. The van der Waals surface area contributed by atoms with E-state index in [1.54, 1.807) is 12.1 Å². The van der Waals surface area contributed by atoms with Crippen LogP contribution in [-0.4, -0.2) is 10.9 Å². The minimum Gasteiger partial charge on any atom is -0.503 e. The zero-order chi connectivity index (χ0) is 15.9. The number of aliphatic hydroxyl groups excluding tert-OH is 1. The molecular formula is C16H14N4O2. The van der Waals surface area contributed by atoms with Crippen LogP contribution < -0.4 is 0 Å². The van der Waals surface area contributed by atoms with E-state index in [9.17, 15) is 9.90 Å². The molecular weight excluding hydrogens is 280 g/mol. The Morgan fingerprint density at radius 3 is 2.05 bits per heavy atom. The maximum atomic E-state index is 11.9. The highest BCUT2D eigenvalue weighted by Gasteiger charge is 2.13. The summed E-state index contributed by atoms with van der Waals surface area (Å²) in [6, 6.07) is 15.6. The van der Waals surface area contributed by atoms with Gasteiger partial charge in [0, 0.05) is 5.56 Å². The first-order valence-electron chi connectivity index (χ1n) is 6.50. The molecule has 2 aromatic carbocycles. The summed E-state index contributed by atoms with van der Waals surface area (Å²) in [4.78, 5) is 11.9. The van der Waals surface area contributed by atoms with Crippen LogP contribution >= 0.6 is 0 Å². The minimum absolute atomic E-state index is 0.0298. The van der Waals surface area contributed by atoms with E-state index in [-0.39, 0.29) is 5.70 Å². The fourth-order valence-corrected chi connectivity index (χ4v) is 1.64. The van der Waals surface area contributed by atoms with Crippen molar-refractivity contribution in [2.24, 2.45) is 15.3 Å². The normalized spacial score (nSPS) is 12.0. The van der Waals surface area contributed by atoms with E-state index in [0.717, 1.165) is 5.69 Å². The number of ketones is 1. The molecule has 0 amide bonds. The van der Waals surface area contributed by atoms with E-state index in [1.807, 2.05) is 30.3 Å². The first kappa shape index (κ1) is 15.2. The van der Waals surface area contributed by atoms with Crippen molar-refractivity contribution >= 4 is 17.2 Å². The number of nitrogens with one attached hydrogen (secondary N) is 1. The highest BCUT2D eigenvalue weighted by Crippen LogP contribution is 2.19. The fourth-order valence-electron chi connectivity index (χ4n) is 1.64. The van der Waals surface area contributed by atoms with Crippen LogP contribution in [0.15, 0.2) is 81.4 Å². The number of Topliss-reactive ketones (excluding diaryl/α,β-unsaturated/α-hetero) is 1. The Hall–Kier alpha value is -3.15. The summed E-state index contributed by atoms with van der Waals surface area (Å²) >= 11 is 0. The van der Waals surface area contributed by atoms with Crippen molar-refractivity contribution in [3.8, 4) is 0 Å². The molecule has 6 heteroatoms. The van der Waals surface area contributed by atoms with Gasteiger partial charge in [-0.3, -0.25) is 4.79 Å². The summed E-state index contributed by atoms with van der Waals surface area (Å²) in [6.45, 7) is 1.39. The van der Waals surface area contributed by atoms with Gasteiger partial charge in [0.2, 0.25) is 5.78 Å². The Morgan fingerprint density at radius 1 is 0.955 bits per heavy atom. The minimum atomic E-state index is -0.583. The maximum Gasteiger partial charge on any atom is 0.229 e. The maximum absolute atomic E-state index is 11.9. The van der Waals surface area contributed by atoms with E-state index >= 15 is 0 Å². The number of azo groups is 1. The molecule has 6 nitrogen and oxygen atoms in total. The van der Waals surface area contributed by atoms with Gasteiger partial charge in [-0.1, -0.05) is 18.2 Å². The van der Waals surface area contributed by atoms with E-state index in [2.05, 4.69) is 15.3 Å². The number of hydrogen-bond acceptors (Lipinski definition) is 6. The molecule has 0 aromatic heterocycles. The van der Waals surface area contributed by atoms with Gasteiger partial charge < -0.3 is 5.11 Å². The molecule has 0 spiro atoms. The predicted molar refractivity (Wildman–Crippen MR) is 81.9 cm³/mol. The average Bonchev–Trinajstić information content (AvgIpc) is 2.59. The van der Waals surface area contributed by atoms with Gasteiger partial charge in [0.1, 0.15) is 5.70 Å². The third-order valence-electron chi connectivity index (χ3n) is 2.89. The molecule has 0 bridgehead atoms. The summed E-state index contributed by atoms with van der Waals surface area (Å²) < 4.78 is 0. The van der Waals surface area contributed by atoms with Gasteiger partial charge in [0.15, 0.2) is 5.76 Å². The van der Waals surface area contributed by atoms with E-state index < -0.39 is 11.5 Å². The molecule has 0 heterocycles. The molecule has 0 aliphatic rings. The standard InChI is InChI=1S/C16H14N4O2/c1-11(18-17)15(21)16(22)12-7-9-14(10-8-12)20-19-13-5-3-2-4-6-13/h2-10,17,21H,1H3. The molecule has 0 radical (unpaired) electrons. The van der Waals surface area contributed by atoms with Crippen molar-refractivity contribution in [3.05, 3.63) is 71.6 Å². The second-order valence-electron chi connectivity index (χ2n) is 4.46. The van der Waals surface area contributed by atoms with Crippen molar-refractivity contribution in [2.75, 3.05) is 0 Å². The molecule has 110 valence electrons. The third-order valence-corrected chi connectivity index (χ3v) is 2.89. The molecule has 2 aromatic rings. The number of hydrogen-bond donors (Lipinski definition) is 2. The summed E-state index contributed by atoms with van der Waals surface area (Å²) in [6.07, 6.45) is 0. The monoisotopic (exact) mass is 294 g/mol. The van der Waals surface area contributed by atoms with Crippen molar-refractivity contribution < 1.29 is 9.90 Å². The molecule has 0 aliphatic carbocycles. The Kier molecular flexibility index (Phi) is 4.87. The van der Waals surface area contributed by atoms with Crippen LogP contribution in [-0.2, 0) is 0 Å².